The SMILES string of the molecule is CN(CC1CCCN1C)C(=O)c1cncc(Br)c1. The third kappa shape index (κ3) is 3.09. The summed E-state index contributed by atoms with van der Waals surface area (Å²) in [5.74, 6) is 0.0316. The largest absolute Gasteiger partial charge is 0.340 e. The van der Waals surface area contributed by atoms with Crippen molar-refractivity contribution in [3.05, 3.63) is 28.5 Å². The Hall–Kier alpha value is -0.940. The minimum absolute atomic E-state index is 0.0316. The molecule has 1 amide bonds. The fourth-order valence-electron chi connectivity index (χ4n) is 2.36. The third-order valence-corrected chi connectivity index (χ3v) is 3.89. The topological polar surface area (TPSA) is 36.4 Å². The van der Waals surface area contributed by atoms with Crippen molar-refractivity contribution in [2.75, 3.05) is 27.2 Å². The van der Waals surface area contributed by atoms with E-state index in [1.54, 1.807) is 17.3 Å². The Labute approximate surface area is 116 Å². The Morgan fingerprint density at radius 1 is 1.61 bits per heavy atom. The Morgan fingerprint density at radius 2 is 2.39 bits per heavy atom. The lowest BCUT2D eigenvalue weighted by Gasteiger charge is -2.25. The molecule has 2 rings (SSSR count). The zero-order chi connectivity index (χ0) is 13.1. The third-order valence-electron chi connectivity index (χ3n) is 3.45. The summed E-state index contributed by atoms with van der Waals surface area (Å²) in [6.07, 6.45) is 5.69. The van der Waals surface area contributed by atoms with Crippen LogP contribution in [0, 0.1) is 0 Å². The van der Waals surface area contributed by atoms with Gasteiger partial charge in [-0.1, -0.05) is 0 Å². The van der Waals surface area contributed by atoms with Crippen LogP contribution in [0.15, 0.2) is 22.9 Å². The van der Waals surface area contributed by atoms with Gasteiger partial charge in [0, 0.05) is 36.5 Å². The van der Waals surface area contributed by atoms with Crippen LogP contribution in [0.3, 0.4) is 0 Å². The summed E-state index contributed by atoms with van der Waals surface area (Å²) in [6, 6.07) is 2.29. The second kappa shape index (κ2) is 5.80. The van der Waals surface area contributed by atoms with Crippen LogP contribution in [0.2, 0.25) is 0 Å². The van der Waals surface area contributed by atoms with Crippen LogP contribution in [-0.2, 0) is 0 Å². The Morgan fingerprint density at radius 3 is 3.00 bits per heavy atom. The predicted octanol–water partition coefficient (Wildman–Crippen LogP) is 2.01. The highest BCUT2D eigenvalue weighted by Gasteiger charge is 2.24. The summed E-state index contributed by atoms with van der Waals surface area (Å²) in [5, 5.41) is 0. The number of rotatable bonds is 3. The lowest BCUT2D eigenvalue weighted by molar-refractivity contribution is 0.0761. The van der Waals surface area contributed by atoms with Crippen molar-refractivity contribution in [2.24, 2.45) is 0 Å². The highest BCUT2D eigenvalue weighted by atomic mass is 79.9. The molecule has 4 nitrogen and oxygen atoms in total. The number of nitrogens with zero attached hydrogens (tertiary/aromatic N) is 3. The van der Waals surface area contributed by atoms with E-state index >= 15 is 0 Å². The van der Waals surface area contributed by atoms with Crippen molar-refractivity contribution in [1.29, 1.82) is 0 Å². The Bertz CT molecular complexity index is 438. The summed E-state index contributed by atoms with van der Waals surface area (Å²) >= 11 is 3.34. The first-order chi connectivity index (χ1) is 8.58. The van der Waals surface area contributed by atoms with Gasteiger partial charge in [-0.05, 0) is 48.4 Å². The van der Waals surface area contributed by atoms with Crippen LogP contribution in [-0.4, -0.2) is 53.9 Å². The van der Waals surface area contributed by atoms with Gasteiger partial charge >= 0.3 is 0 Å². The summed E-state index contributed by atoms with van der Waals surface area (Å²) < 4.78 is 0.833. The first kappa shape index (κ1) is 13.5. The minimum Gasteiger partial charge on any atom is -0.340 e. The summed E-state index contributed by atoms with van der Waals surface area (Å²) in [5.41, 5.74) is 0.632. The van der Waals surface area contributed by atoms with Gasteiger partial charge in [0.2, 0.25) is 0 Å². The number of carbonyl (C=O) groups excluding carboxylic acids is 1. The minimum atomic E-state index is 0.0316. The fraction of sp³-hybridized carbons (Fsp3) is 0.538. The van der Waals surface area contributed by atoms with E-state index in [1.807, 2.05) is 13.1 Å². The number of hydrogen-bond donors (Lipinski definition) is 0. The number of pyridine rings is 1. The monoisotopic (exact) mass is 311 g/mol. The highest BCUT2D eigenvalue weighted by Crippen LogP contribution is 2.17. The van der Waals surface area contributed by atoms with Crippen LogP contribution >= 0.6 is 15.9 Å². The van der Waals surface area contributed by atoms with Gasteiger partial charge in [0.25, 0.3) is 5.91 Å². The molecule has 0 bridgehead atoms. The first-order valence-corrected chi connectivity index (χ1v) is 6.93. The zero-order valence-corrected chi connectivity index (χ0v) is 12.4. The summed E-state index contributed by atoms with van der Waals surface area (Å²) in [6.45, 7) is 1.91. The van der Waals surface area contributed by atoms with Crippen molar-refractivity contribution < 1.29 is 4.79 Å². The molecule has 2 heterocycles. The molecule has 0 aromatic carbocycles. The second-order valence-corrected chi connectivity index (χ2v) is 5.77. The van der Waals surface area contributed by atoms with Crippen LogP contribution < -0.4 is 0 Å². The van der Waals surface area contributed by atoms with E-state index in [4.69, 9.17) is 0 Å². The lowest BCUT2D eigenvalue weighted by atomic mass is 10.2. The highest BCUT2D eigenvalue weighted by molar-refractivity contribution is 9.10. The molecule has 0 N–H and O–H groups in total. The molecule has 0 aliphatic carbocycles. The maximum absolute atomic E-state index is 12.2. The van der Waals surface area contributed by atoms with Crippen molar-refractivity contribution in [1.82, 2.24) is 14.8 Å². The van der Waals surface area contributed by atoms with Crippen molar-refractivity contribution in [3.63, 3.8) is 0 Å². The molecule has 18 heavy (non-hydrogen) atoms. The maximum atomic E-state index is 12.2. The molecule has 1 atom stereocenters. The van der Waals surface area contributed by atoms with E-state index in [2.05, 4.69) is 32.9 Å². The maximum Gasteiger partial charge on any atom is 0.255 e. The van der Waals surface area contributed by atoms with Crippen molar-refractivity contribution in [2.45, 2.75) is 18.9 Å². The van der Waals surface area contributed by atoms with Crippen LogP contribution in [0.25, 0.3) is 0 Å². The average molecular weight is 312 g/mol. The first-order valence-electron chi connectivity index (χ1n) is 6.14. The van der Waals surface area contributed by atoms with Crippen molar-refractivity contribution in [3.8, 4) is 0 Å². The van der Waals surface area contributed by atoms with E-state index in [0.717, 1.165) is 17.6 Å². The molecule has 5 heteroatoms. The molecule has 0 spiro atoms. The molecule has 1 saturated heterocycles. The number of amides is 1. The van der Waals surface area contributed by atoms with Gasteiger partial charge in [0.15, 0.2) is 0 Å². The molecule has 1 fully saturated rings. The summed E-state index contributed by atoms with van der Waals surface area (Å²) in [7, 11) is 3.98. The number of halogens is 1. The smallest absolute Gasteiger partial charge is 0.255 e. The number of carbonyl (C=O) groups is 1. The van der Waals surface area contributed by atoms with Gasteiger partial charge in [-0.15, -0.1) is 0 Å². The van der Waals surface area contributed by atoms with Gasteiger partial charge in [-0.3, -0.25) is 9.78 Å². The van der Waals surface area contributed by atoms with Crippen LogP contribution in [0.5, 0.6) is 0 Å². The van der Waals surface area contributed by atoms with E-state index < -0.39 is 0 Å². The number of aromatic nitrogens is 1. The molecule has 1 aliphatic heterocycles. The Kier molecular flexibility index (Phi) is 4.35. The van der Waals surface area contributed by atoms with E-state index in [1.165, 1.54) is 12.8 Å². The molecule has 1 aromatic rings. The standard InChI is InChI=1S/C13H18BrN3O/c1-16-5-3-4-12(16)9-17(2)13(18)10-6-11(14)8-15-7-10/h6-8,12H,3-5,9H2,1-2H3. The van der Waals surface area contributed by atoms with Gasteiger partial charge in [-0.25, -0.2) is 0 Å². The molecule has 1 aromatic heterocycles. The molecule has 0 saturated carbocycles. The Balaban J connectivity index is 2.00. The van der Waals surface area contributed by atoms with Gasteiger partial charge in [0.05, 0.1) is 5.56 Å². The fourth-order valence-corrected chi connectivity index (χ4v) is 2.72. The molecular weight excluding hydrogens is 294 g/mol. The second-order valence-electron chi connectivity index (χ2n) is 4.85. The molecule has 1 unspecified atom stereocenters. The van der Waals surface area contributed by atoms with E-state index in [-0.39, 0.29) is 5.91 Å². The molecule has 1 aliphatic rings. The molecule has 98 valence electrons. The number of likely N-dealkylation sites (N-methyl/N-ethyl adjacent to an activating group) is 2. The number of likely N-dealkylation sites (tertiary alicyclic amines) is 1. The normalized spacial score (nSPS) is 20.1. The average Bonchev–Trinajstić information content (AvgIpc) is 2.74. The van der Waals surface area contributed by atoms with Gasteiger partial charge < -0.3 is 9.80 Å². The van der Waals surface area contributed by atoms with Crippen LogP contribution in [0.1, 0.15) is 23.2 Å². The predicted molar refractivity (Wildman–Crippen MR) is 74.5 cm³/mol. The lowest BCUT2D eigenvalue weighted by Crippen LogP contribution is -2.39. The van der Waals surface area contributed by atoms with Crippen molar-refractivity contribution >= 4 is 21.8 Å². The van der Waals surface area contributed by atoms with Crippen LogP contribution in [0.4, 0.5) is 0 Å². The zero-order valence-electron chi connectivity index (χ0n) is 10.8. The molecular formula is C13H18BrN3O. The quantitative estimate of drug-likeness (QED) is 0.857. The van der Waals surface area contributed by atoms with Gasteiger partial charge in [0.1, 0.15) is 0 Å². The van der Waals surface area contributed by atoms with E-state index in [9.17, 15) is 4.79 Å². The summed E-state index contributed by atoms with van der Waals surface area (Å²) in [4.78, 5) is 20.4. The van der Waals surface area contributed by atoms with Gasteiger partial charge in [-0.2, -0.15) is 0 Å². The molecule has 0 radical (unpaired) electrons. The van der Waals surface area contributed by atoms with E-state index in [0.29, 0.717) is 11.6 Å². The number of hydrogen-bond acceptors (Lipinski definition) is 3.